The molecule has 0 radical (unpaired) electrons. The number of amides is 1. The molecule has 0 aromatic heterocycles. The Morgan fingerprint density at radius 1 is 1.50 bits per heavy atom. The minimum absolute atomic E-state index is 0.165. The number of likely N-dealkylation sites (N-methyl/N-ethyl adjacent to an activating group) is 1. The first-order valence-electron chi connectivity index (χ1n) is 4.52. The lowest BCUT2D eigenvalue weighted by molar-refractivity contribution is -0.128. The molecule has 0 aliphatic carbocycles. The molecule has 0 unspecified atom stereocenters. The first-order chi connectivity index (χ1) is 5.57. The second-order valence-electron chi connectivity index (χ2n) is 3.43. The van der Waals surface area contributed by atoms with Crippen LogP contribution in [0.25, 0.3) is 0 Å². The van der Waals surface area contributed by atoms with Crippen LogP contribution in [0.15, 0.2) is 0 Å². The summed E-state index contributed by atoms with van der Waals surface area (Å²) in [6, 6.07) is 0. The first-order valence-corrected chi connectivity index (χ1v) is 4.52. The second-order valence-corrected chi connectivity index (χ2v) is 3.43. The van der Waals surface area contributed by atoms with Crippen molar-refractivity contribution in [2.45, 2.75) is 20.8 Å². The van der Waals surface area contributed by atoms with E-state index in [4.69, 9.17) is 0 Å². The van der Waals surface area contributed by atoms with Crippen molar-refractivity contribution in [2.24, 2.45) is 5.92 Å². The molecule has 0 fully saturated rings. The summed E-state index contributed by atoms with van der Waals surface area (Å²) in [5.74, 6) is 0.767. The number of hydrogen-bond acceptors (Lipinski definition) is 2. The summed E-state index contributed by atoms with van der Waals surface area (Å²) in [5, 5.41) is 3.11. The summed E-state index contributed by atoms with van der Waals surface area (Å²) in [4.78, 5) is 12.9. The SMILES string of the molecule is CCN(C)C(=O)CNCC(C)C. The van der Waals surface area contributed by atoms with Gasteiger partial charge in [-0.15, -0.1) is 0 Å². The van der Waals surface area contributed by atoms with E-state index in [0.717, 1.165) is 13.1 Å². The van der Waals surface area contributed by atoms with Gasteiger partial charge in [-0.1, -0.05) is 13.8 Å². The molecule has 1 amide bonds. The summed E-state index contributed by atoms with van der Waals surface area (Å²) in [6.45, 7) is 8.37. The molecule has 0 saturated heterocycles. The average Bonchev–Trinajstić information content (AvgIpc) is 2.02. The predicted molar refractivity (Wildman–Crippen MR) is 51.0 cm³/mol. The Bertz CT molecular complexity index is 134. The zero-order valence-corrected chi connectivity index (χ0v) is 8.55. The molecule has 0 aliphatic heterocycles. The van der Waals surface area contributed by atoms with Crippen LogP contribution in [0.3, 0.4) is 0 Å². The second kappa shape index (κ2) is 6.00. The molecule has 0 saturated carbocycles. The highest BCUT2D eigenvalue weighted by Crippen LogP contribution is 1.87. The fourth-order valence-electron chi connectivity index (χ4n) is 0.779. The van der Waals surface area contributed by atoms with E-state index >= 15 is 0 Å². The van der Waals surface area contributed by atoms with Gasteiger partial charge in [0, 0.05) is 13.6 Å². The molecule has 0 rings (SSSR count). The van der Waals surface area contributed by atoms with Crippen LogP contribution in [0.5, 0.6) is 0 Å². The van der Waals surface area contributed by atoms with Crippen LogP contribution in [0, 0.1) is 5.92 Å². The van der Waals surface area contributed by atoms with Crippen LogP contribution in [0.1, 0.15) is 20.8 Å². The highest BCUT2D eigenvalue weighted by Gasteiger charge is 2.04. The van der Waals surface area contributed by atoms with Crippen molar-refractivity contribution in [3.8, 4) is 0 Å². The number of carbonyl (C=O) groups excluding carboxylic acids is 1. The summed E-state index contributed by atoms with van der Waals surface area (Å²) in [7, 11) is 1.82. The van der Waals surface area contributed by atoms with Crippen LogP contribution >= 0.6 is 0 Å². The van der Waals surface area contributed by atoms with Gasteiger partial charge in [0.2, 0.25) is 5.91 Å². The number of carbonyl (C=O) groups is 1. The third kappa shape index (κ3) is 5.13. The zero-order chi connectivity index (χ0) is 9.56. The number of nitrogens with one attached hydrogen (secondary N) is 1. The van der Waals surface area contributed by atoms with E-state index in [2.05, 4.69) is 19.2 Å². The molecule has 3 nitrogen and oxygen atoms in total. The van der Waals surface area contributed by atoms with Crippen molar-refractivity contribution in [1.29, 1.82) is 0 Å². The fourth-order valence-corrected chi connectivity index (χ4v) is 0.779. The molecular formula is C9H20N2O. The van der Waals surface area contributed by atoms with E-state index in [0.29, 0.717) is 12.5 Å². The van der Waals surface area contributed by atoms with E-state index in [9.17, 15) is 4.79 Å². The Kier molecular flexibility index (Phi) is 5.72. The lowest BCUT2D eigenvalue weighted by atomic mass is 10.2. The van der Waals surface area contributed by atoms with Gasteiger partial charge in [-0.25, -0.2) is 0 Å². The van der Waals surface area contributed by atoms with E-state index < -0.39 is 0 Å². The van der Waals surface area contributed by atoms with Gasteiger partial charge in [-0.3, -0.25) is 4.79 Å². The summed E-state index contributed by atoms with van der Waals surface area (Å²) < 4.78 is 0. The molecule has 12 heavy (non-hydrogen) atoms. The quantitative estimate of drug-likeness (QED) is 0.662. The van der Waals surface area contributed by atoms with Gasteiger partial charge in [0.1, 0.15) is 0 Å². The number of nitrogens with zero attached hydrogens (tertiary/aromatic N) is 1. The summed E-state index contributed by atoms with van der Waals surface area (Å²) in [5.41, 5.74) is 0. The maximum atomic E-state index is 11.2. The highest BCUT2D eigenvalue weighted by atomic mass is 16.2. The van der Waals surface area contributed by atoms with Crippen molar-refractivity contribution in [2.75, 3.05) is 26.7 Å². The monoisotopic (exact) mass is 172 g/mol. The van der Waals surface area contributed by atoms with Gasteiger partial charge in [-0.2, -0.15) is 0 Å². The van der Waals surface area contributed by atoms with E-state index in [-0.39, 0.29) is 5.91 Å². The Morgan fingerprint density at radius 2 is 2.08 bits per heavy atom. The minimum atomic E-state index is 0.165. The lowest BCUT2D eigenvalue weighted by Crippen LogP contribution is -2.36. The largest absolute Gasteiger partial charge is 0.345 e. The standard InChI is InChI=1S/C9H20N2O/c1-5-11(4)9(12)7-10-6-8(2)3/h8,10H,5-7H2,1-4H3. The Balaban J connectivity index is 3.44. The molecule has 0 atom stereocenters. The maximum absolute atomic E-state index is 11.2. The molecule has 0 aromatic carbocycles. The topological polar surface area (TPSA) is 32.3 Å². The predicted octanol–water partition coefficient (Wildman–Crippen LogP) is 0.710. The molecule has 0 heterocycles. The number of rotatable bonds is 5. The van der Waals surface area contributed by atoms with Crippen LogP contribution in [-0.4, -0.2) is 37.5 Å². The van der Waals surface area contributed by atoms with Crippen LogP contribution < -0.4 is 5.32 Å². The molecule has 0 aromatic rings. The van der Waals surface area contributed by atoms with E-state index in [1.165, 1.54) is 0 Å². The number of hydrogen-bond donors (Lipinski definition) is 1. The lowest BCUT2D eigenvalue weighted by Gasteiger charge is -2.15. The summed E-state index contributed by atoms with van der Waals surface area (Å²) in [6.07, 6.45) is 0. The van der Waals surface area contributed by atoms with Crippen molar-refractivity contribution in [1.82, 2.24) is 10.2 Å². The third-order valence-electron chi connectivity index (χ3n) is 1.73. The van der Waals surface area contributed by atoms with Crippen molar-refractivity contribution >= 4 is 5.91 Å². The molecule has 72 valence electrons. The molecule has 1 N–H and O–H groups in total. The van der Waals surface area contributed by atoms with Gasteiger partial charge in [0.25, 0.3) is 0 Å². The van der Waals surface area contributed by atoms with Crippen molar-refractivity contribution < 1.29 is 4.79 Å². The van der Waals surface area contributed by atoms with Gasteiger partial charge < -0.3 is 10.2 Å². The molecule has 0 aliphatic rings. The van der Waals surface area contributed by atoms with Gasteiger partial charge in [0.15, 0.2) is 0 Å². The van der Waals surface area contributed by atoms with Crippen LogP contribution in [-0.2, 0) is 4.79 Å². The van der Waals surface area contributed by atoms with Crippen LogP contribution in [0.2, 0.25) is 0 Å². The summed E-state index contributed by atoms with van der Waals surface area (Å²) >= 11 is 0. The average molecular weight is 172 g/mol. The zero-order valence-electron chi connectivity index (χ0n) is 8.55. The Labute approximate surface area is 75.1 Å². The van der Waals surface area contributed by atoms with Gasteiger partial charge >= 0.3 is 0 Å². The third-order valence-corrected chi connectivity index (χ3v) is 1.73. The first kappa shape index (κ1) is 11.4. The maximum Gasteiger partial charge on any atom is 0.236 e. The molecular weight excluding hydrogens is 152 g/mol. The van der Waals surface area contributed by atoms with E-state index in [1.54, 1.807) is 4.90 Å². The molecule has 0 bridgehead atoms. The van der Waals surface area contributed by atoms with Gasteiger partial charge in [-0.05, 0) is 19.4 Å². The van der Waals surface area contributed by atoms with Gasteiger partial charge in [0.05, 0.1) is 6.54 Å². The normalized spacial score (nSPS) is 10.4. The molecule has 0 spiro atoms. The van der Waals surface area contributed by atoms with Crippen LogP contribution in [0.4, 0.5) is 0 Å². The Morgan fingerprint density at radius 3 is 2.50 bits per heavy atom. The van der Waals surface area contributed by atoms with Crippen molar-refractivity contribution in [3.63, 3.8) is 0 Å². The van der Waals surface area contributed by atoms with Crippen molar-refractivity contribution in [3.05, 3.63) is 0 Å². The van der Waals surface area contributed by atoms with E-state index in [1.807, 2.05) is 14.0 Å². The smallest absolute Gasteiger partial charge is 0.236 e. The highest BCUT2D eigenvalue weighted by molar-refractivity contribution is 5.77. The minimum Gasteiger partial charge on any atom is -0.345 e. The molecule has 3 heteroatoms. The Hall–Kier alpha value is -0.570. The fraction of sp³-hybridized carbons (Fsp3) is 0.889.